The Bertz CT molecular complexity index is 371. The topological polar surface area (TPSA) is 69.6 Å². The lowest BCUT2D eigenvalue weighted by molar-refractivity contribution is -0.144. The summed E-state index contributed by atoms with van der Waals surface area (Å²) >= 11 is 0. The third-order valence-corrected chi connectivity index (χ3v) is 5.32. The Hall–Kier alpha value is -1.26. The second kappa shape index (κ2) is 6.02. The molecule has 2 amide bonds. The Morgan fingerprint density at radius 3 is 2.45 bits per heavy atom. The van der Waals surface area contributed by atoms with Crippen LogP contribution in [0.1, 0.15) is 46.0 Å². The second-order valence-corrected chi connectivity index (χ2v) is 6.51. The molecule has 2 aliphatic rings. The first kappa shape index (κ1) is 15.1. The average Bonchev–Trinajstić information content (AvgIpc) is 2.83. The van der Waals surface area contributed by atoms with Crippen LogP contribution in [0.25, 0.3) is 0 Å². The third-order valence-electron chi connectivity index (χ3n) is 5.32. The molecule has 5 heteroatoms. The minimum atomic E-state index is -0.772. The number of rotatable bonds is 5. The molecule has 5 nitrogen and oxygen atoms in total. The van der Waals surface area contributed by atoms with Crippen molar-refractivity contribution in [3.63, 3.8) is 0 Å². The predicted octanol–water partition coefficient (Wildman–Crippen LogP) is 2.32. The van der Waals surface area contributed by atoms with Gasteiger partial charge in [0, 0.05) is 25.6 Å². The molecular formula is C15H26N2O3. The van der Waals surface area contributed by atoms with E-state index in [1.807, 2.05) is 0 Å². The van der Waals surface area contributed by atoms with Crippen LogP contribution in [-0.2, 0) is 4.79 Å². The zero-order valence-electron chi connectivity index (χ0n) is 12.5. The smallest absolute Gasteiger partial charge is 0.317 e. The van der Waals surface area contributed by atoms with Crippen molar-refractivity contribution in [2.45, 2.75) is 46.0 Å². The van der Waals surface area contributed by atoms with Crippen LogP contribution in [0.15, 0.2) is 0 Å². The number of carboxylic acid groups (broad SMARTS) is 1. The maximum Gasteiger partial charge on any atom is 0.317 e. The number of carbonyl (C=O) groups is 2. The van der Waals surface area contributed by atoms with Gasteiger partial charge in [0.25, 0.3) is 0 Å². The van der Waals surface area contributed by atoms with Gasteiger partial charge in [-0.3, -0.25) is 4.79 Å². The molecule has 1 unspecified atom stereocenters. The van der Waals surface area contributed by atoms with E-state index < -0.39 is 5.97 Å². The van der Waals surface area contributed by atoms with Crippen molar-refractivity contribution in [3.8, 4) is 0 Å². The maximum atomic E-state index is 12.0. The molecular weight excluding hydrogens is 256 g/mol. The van der Waals surface area contributed by atoms with E-state index in [0.29, 0.717) is 18.5 Å². The lowest BCUT2D eigenvalue weighted by atomic mass is 9.83. The first-order valence-electron chi connectivity index (χ1n) is 7.73. The molecule has 0 aromatic carbocycles. The Morgan fingerprint density at radius 1 is 1.35 bits per heavy atom. The zero-order valence-corrected chi connectivity index (χ0v) is 12.5. The Morgan fingerprint density at radius 2 is 1.95 bits per heavy atom. The van der Waals surface area contributed by atoms with E-state index in [1.54, 1.807) is 11.8 Å². The van der Waals surface area contributed by atoms with Gasteiger partial charge in [0.1, 0.15) is 0 Å². The number of nitrogens with zero attached hydrogens (tertiary/aromatic N) is 1. The van der Waals surface area contributed by atoms with E-state index in [4.69, 9.17) is 5.11 Å². The molecule has 0 aromatic rings. The minimum Gasteiger partial charge on any atom is -0.481 e. The number of hydrogen-bond donors (Lipinski definition) is 2. The highest BCUT2D eigenvalue weighted by atomic mass is 16.4. The minimum absolute atomic E-state index is 0.0291. The highest BCUT2D eigenvalue weighted by molar-refractivity contribution is 5.76. The van der Waals surface area contributed by atoms with E-state index in [9.17, 15) is 9.59 Å². The summed E-state index contributed by atoms with van der Waals surface area (Å²) in [6.07, 6.45) is 6.08. The summed E-state index contributed by atoms with van der Waals surface area (Å²) in [6, 6.07) is -0.0291. The predicted molar refractivity (Wildman–Crippen MR) is 76.5 cm³/mol. The van der Waals surface area contributed by atoms with E-state index in [-0.39, 0.29) is 17.9 Å². The zero-order chi connectivity index (χ0) is 14.8. The van der Waals surface area contributed by atoms with Gasteiger partial charge in [-0.05, 0) is 24.7 Å². The second-order valence-electron chi connectivity index (χ2n) is 6.51. The fourth-order valence-corrected chi connectivity index (χ4v) is 3.35. The van der Waals surface area contributed by atoms with E-state index in [0.717, 1.165) is 13.0 Å². The molecule has 2 rings (SSSR count). The summed E-state index contributed by atoms with van der Waals surface area (Å²) in [4.78, 5) is 24.6. The highest BCUT2D eigenvalue weighted by Crippen LogP contribution is 2.40. The lowest BCUT2D eigenvalue weighted by Gasteiger charge is -2.41. The van der Waals surface area contributed by atoms with Crippen molar-refractivity contribution >= 4 is 12.0 Å². The molecule has 2 fully saturated rings. The molecule has 1 heterocycles. The summed E-state index contributed by atoms with van der Waals surface area (Å²) < 4.78 is 0. The molecule has 2 N–H and O–H groups in total. The molecule has 1 atom stereocenters. The molecule has 0 bridgehead atoms. The monoisotopic (exact) mass is 282 g/mol. The third kappa shape index (κ3) is 3.07. The van der Waals surface area contributed by atoms with Crippen LogP contribution in [0.5, 0.6) is 0 Å². The number of nitrogens with one attached hydrogen (secondary N) is 1. The van der Waals surface area contributed by atoms with Gasteiger partial charge in [-0.2, -0.15) is 0 Å². The van der Waals surface area contributed by atoms with Gasteiger partial charge < -0.3 is 15.3 Å². The van der Waals surface area contributed by atoms with Crippen LogP contribution in [0, 0.1) is 17.3 Å². The fraction of sp³-hybridized carbons (Fsp3) is 0.867. The molecule has 1 saturated carbocycles. The molecule has 0 aromatic heterocycles. The normalized spacial score (nSPS) is 23.2. The first-order chi connectivity index (χ1) is 9.47. The SMILES string of the molecule is CCC1(CNC(=O)N2CC(C(C)C(=O)O)C2)CCCC1. The summed E-state index contributed by atoms with van der Waals surface area (Å²) in [5, 5.41) is 12.0. The average molecular weight is 282 g/mol. The van der Waals surface area contributed by atoms with Crippen LogP contribution in [0.2, 0.25) is 0 Å². The molecule has 1 aliphatic heterocycles. The van der Waals surface area contributed by atoms with Crippen LogP contribution >= 0.6 is 0 Å². The van der Waals surface area contributed by atoms with E-state index >= 15 is 0 Å². The first-order valence-corrected chi connectivity index (χ1v) is 7.73. The van der Waals surface area contributed by atoms with Crippen LogP contribution < -0.4 is 5.32 Å². The van der Waals surface area contributed by atoms with Crippen molar-refractivity contribution in [2.24, 2.45) is 17.3 Å². The lowest BCUT2D eigenvalue weighted by Crippen LogP contribution is -2.57. The van der Waals surface area contributed by atoms with Crippen molar-refractivity contribution in [3.05, 3.63) is 0 Å². The van der Waals surface area contributed by atoms with Crippen molar-refractivity contribution in [1.29, 1.82) is 0 Å². The molecule has 1 saturated heterocycles. The fourth-order valence-electron chi connectivity index (χ4n) is 3.35. The highest BCUT2D eigenvalue weighted by Gasteiger charge is 2.38. The van der Waals surface area contributed by atoms with Crippen molar-refractivity contribution in [1.82, 2.24) is 10.2 Å². The summed E-state index contributed by atoms with van der Waals surface area (Å²) in [5.41, 5.74) is 0.300. The molecule has 1 aliphatic carbocycles. The van der Waals surface area contributed by atoms with Crippen LogP contribution in [-0.4, -0.2) is 41.6 Å². The molecule has 0 radical (unpaired) electrons. The number of carbonyl (C=O) groups excluding carboxylic acids is 1. The Kier molecular flexibility index (Phi) is 4.55. The Labute approximate surface area is 120 Å². The van der Waals surface area contributed by atoms with Gasteiger partial charge in [0.05, 0.1) is 5.92 Å². The van der Waals surface area contributed by atoms with Crippen LogP contribution in [0.3, 0.4) is 0 Å². The van der Waals surface area contributed by atoms with E-state index in [2.05, 4.69) is 12.2 Å². The number of carboxylic acids is 1. The summed E-state index contributed by atoms with van der Waals surface area (Å²) in [7, 11) is 0. The van der Waals surface area contributed by atoms with Gasteiger partial charge in [0.2, 0.25) is 0 Å². The van der Waals surface area contributed by atoms with Crippen LogP contribution in [0.4, 0.5) is 4.79 Å². The number of aliphatic carboxylic acids is 1. The van der Waals surface area contributed by atoms with Gasteiger partial charge >= 0.3 is 12.0 Å². The van der Waals surface area contributed by atoms with Gasteiger partial charge in [-0.15, -0.1) is 0 Å². The molecule has 114 valence electrons. The number of urea groups is 1. The summed E-state index contributed by atoms with van der Waals surface area (Å²) in [5.74, 6) is -1.04. The number of amides is 2. The number of hydrogen-bond acceptors (Lipinski definition) is 2. The van der Waals surface area contributed by atoms with E-state index in [1.165, 1.54) is 25.7 Å². The van der Waals surface area contributed by atoms with Crippen molar-refractivity contribution < 1.29 is 14.7 Å². The maximum absolute atomic E-state index is 12.0. The number of likely N-dealkylation sites (tertiary alicyclic amines) is 1. The largest absolute Gasteiger partial charge is 0.481 e. The Balaban J connectivity index is 1.73. The van der Waals surface area contributed by atoms with Crippen molar-refractivity contribution in [2.75, 3.05) is 19.6 Å². The van der Waals surface area contributed by atoms with Gasteiger partial charge in [-0.25, -0.2) is 4.79 Å². The van der Waals surface area contributed by atoms with Gasteiger partial charge in [0.15, 0.2) is 0 Å². The standard InChI is InChI=1S/C15H26N2O3/c1-3-15(6-4-5-7-15)10-16-14(20)17-8-12(9-17)11(2)13(18)19/h11-12H,3-10H2,1-2H3,(H,16,20)(H,18,19). The molecule has 0 spiro atoms. The quantitative estimate of drug-likeness (QED) is 0.813. The molecule has 20 heavy (non-hydrogen) atoms. The van der Waals surface area contributed by atoms with Gasteiger partial charge in [-0.1, -0.05) is 26.7 Å². The summed E-state index contributed by atoms with van der Waals surface area (Å²) in [6.45, 7) is 5.81.